The number of rotatable bonds is 4. The van der Waals surface area contributed by atoms with Crippen LogP contribution in [0.25, 0.3) is 0 Å². The van der Waals surface area contributed by atoms with Gasteiger partial charge < -0.3 is 10.5 Å². The van der Waals surface area contributed by atoms with E-state index in [0.717, 1.165) is 17.1 Å². The van der Waals surface area contributed by atoms with Gasteiger partial charge in [0.05, 0.1) is 0 Å². The van der Waals surface area contributed by atoms with Crippen LogP contribution in [0.3, 0.4) is 0 Å². The molecule has 2 aromatic rings. The van der Waals surface area contributed by atoms with Gasteiger partial charge in [-0.1, -0.05) is 16.8 Å². The van der Waals surface area contributed by atoms with Crippen LogP contribution in [0.1, 0.15) is 11.4 Å². The molecule has 0 unspecified atom stereocenters. The fourth-order valence-corrected chi connectivity index (χ4v) is 1.56. The van der Waals surface area contributed by atoms with Gasteiger partial charge >= 0.3 is 0 Å². The van der Waals surface area contributed by atoms with E-state index in [1.54, 1.807) is 16.8 Å². The quantitative estimate of drug-likeness (QED) is 0.896. The van der Waals surface area contributed by atoms with Crippen LogP contribution >= 0.6 is 11.6 Å². The lowest BCUT2D eigenvalue weighted by atomic mass is 10.3. The molecule has 2 rings (SSSR count). The van der Waals surface area contributed by atoms with Crippen LogP contribution < -0.4 is 10.5 Å². The number of ether oxygens (including phenoxy) is 1. The largest absolute Gasteiger partial charge is 0.487 e. The Morgan fingerprint density at radius 1 is 1.35 bits per heavy atom. The first-order chi connectivity index (χ1) is 8.20. The van der Waals surface area contributed by atoms with Crippen molar-refractivity contribution in [3.05, 3.63) is 40.7 Å². The van der Waals surface area contributed by atoms with E-state index in [0.29, 0.717) is 18.2 Å². The number of hydrogen-bond acceptors (Lipinski definition) is 4. The minimum atomic E-state index is 0.354. The maximum absolute atomic E-state index is 5.79. The summed E-state index contributed by atoms with van der Waals surface area (Å²) in [6.45, 7) is 0.741. The van der Waals surface area contributed by atoms with Gasteiger partial charge in [-0.25, -0.2) is 4.68 Å². The van der Waals surface area contributed by atoms with Crippen molar-refractivity contribution < 1.29 is 4.74 Å². The van der Waals surface area contributed by atoms with Gasteiger partial charge in [-0.3, -0.25) is 0 Å². The molecule has 0 saturated heterocycles. The molecule has 2 N–H and O–H groups in total. The topological polar surface area (TPSA) is 66.0 Å². The summed E-state index contributed by atoms with van der Waals surface area (Å²) in [6, 6.07) is 7.19. The zero-order valence-electron chi connectivity index (χ0n) is 9.43. The maximum atomic E-state index is 5.79. The highest BCUT2D eigenvalue weighted by molar-refractivity contribution is 6.30. The van der Waals surface area contributed by atoms with E-state index < -0.39 is 0 Å². The highest BCUT2D eigenvalue weighted by Gasteiger charge is 2.09. The van der Waals surface area contributed by atoms with Gasteiger partial charge in [0.25, 0.3) is 0 Å². The highest BCUT2D eigenvalue weighted by atomic mass is 35.5. The van der Waals surface area contributed by atoms with Crippen molar-refractivity contribution in [1.29, 1.82) is 0 Å². The SMILES string of the molecule is Cn1nnc(CN)c1COc1ccc(Cl)cc1. The fourth-order valence-electron chi connectivity index (χ4n) is 1.44. The Hall–Kier alpha value is -1.59. The first kappa shape index (κ1) is 11.9. The summed E-state index contributed by atoms with van der Waals surface area (Å²) < 4.78 is 7.28. The minimum absolute atomic E-state index is 0.354. The van der Waals surface area contributed by atoms with Crippen molar-refractivity contribution in [1.82, 2.24) is 15.0 Å². The van der Waals surface area contributed by atoms with Gasteiger partial charge in [0.2, 0.25) is 0 Å². The van der Waals surface area contributed by atoms with E-state index in [1.807, 2.05) is 19.2 Å². The third-order valence-electron chi connectivity index (χ3n) is 2.41. The van der Waals surface area contributed by atoms with Crippen molar-refractivity contribution in [3.8, 4) is 5.75 Å². The molecule has 0 amide bonds. The molecule has 0 aliphatic rings. The third-order valence-corrected chi connectivity index (χ3v) is 2.66. The van der Waals surface area contributed by atoms with Crippen molar-refractivity contribution in [2.45, 2.75) is 13.2 Å². The number of aromatic nitrogens is 3. The summed E-state index contributed by atoms with van der Waals surface area (Å²) >= 11 is 5.79. The van der Waals surface area contributed by atoms with Gasteiger partial charge in [-0.05, 0) is 24.3 Å². The molecule has 5 nitrogen and oxygen atoms in total. The van der Waals surface area contributed by atoms with Crippen LogP contribution in [0.5, 0.6) is 5.75 Å². The van der Waals surface area contributed by atoms with E-state index in [-0.39, 0.29) is 0 Å². The molecular formula is C11H13ClN4O. The number of halogens is 1. The third kappa shape index (κ3) is 2.75. The van der Waals surface area contributed by atoms with Crippen molar-refractivity contribution >= 4 is 11.6 Å². The van der Waals surface area contributed by atoms with Gasteiger partial charge in [0, 0.05) is 18.6 Å². The normalized spacial score (nSPS) is 10.5. The minimum Gasteiger partial charge on any atom is -0.487 e. The molecule has 6 heteroatoms. The van der Waals surface area contributed by atoms with Crippen LogP contribution in [0.2, 0.25) is 5.02 Å². The molecule has 1 aromatic carbocycles. The second-order valence-electron chi connectivity index (χ2n) is 3.55. The molecular weight excluding hydrogens is 240 g/mol. The molecule has 0 spiro atoms. The molecule has 0 aliphatic carbocycles. The van der Waals surface area contributed by atoms with Crippen LogP contribution in [0.15, 0.2) is 24.3 Å². The Morgan fingerprint density at radius 2 is 2.06 bits per heavy atom. The van der Waals surface area contributed by atoms with E-state index in [1.165, 1.54) is 0 Å². The number of hydrogen-bond donors (Lipinski definition) is 1. The lowest BCUT2D eigenvalue weighted by molar-refractivity contribution is 0.293. The standard InChI is InChI=1S/C11H13ClN4O/c1-16-11(10(6-13)14-15-16)7-17-9-4-2-8(12)3-5-9/h2-5H,6-7,13H2,1H3. The Bertz CT molecular complexity index is 495. The Balaban J connectivity index is 2.06. The molecule has 17 heavy (non-hydrogen) atoms. The summed E-state index contributed by atoms with van der Waals surface area (Å²) in [5.74, 6) is 0.749. The number of benzene rings is 1. The number of nitrogens with zero attached hydrogens (tertiary/aromatic N) is 3. The molecule has 90 valence electrons. The molecule has 1 heterocycles. The summed E-state index contributed by atoms with van der Waals surface area (Å²) in [5.41, 5.74) is 7.19. The van der Waals surface area contributed by atoms with Crippen LogP contribution in [-0.2, 0) is 20.2 Å². The average Bonchev–Trinajstić information content (AvgIpc) is 2.69. The Kier molecular flexibility index (Phi) is 3.61. The molecule has 0 radical (unpaired) electrons. The highest BCUT2D eigenvalue weighted by Crippen LogP contribution is 2.17. The lowest BCUT2D eigenvalue weighted by Crippen LogP contribution is -2.08. The summed E-state index contributed by atoms with van der Waals surface area (Å²) in [4.78, 5) is 0. The molecule has 0 atom stereocenters. The van der Waals surface area contributed by atoms with Crippen molar-refractivity contribution in [3.63, 3.8) is 0 Å². The van der Waals surface area contributed by atoms with E-state index in [4.69, 9.17) is 22.1 Å². The molecule has 0 fully saturated rings. The fraction of sp³-hybridized carbons (Fsp3) is 0.273. The van der Waals surface area contributed by atoms with Crippen LogP contribution in [-0.4, -0.2) is 15.0 Å². The Labute approximate surface area is 104 Å². The molecule has 0 aliphatic heterocycles. The first-order valence-corrected chi connectivity index (χ1v) is 5.54. The van der Waals surface area contributed by atoms with Crippen molar-refractivity contribution in [2.75, 3.05) is 0 Å². The Morgan fingerprint density at radius 3 is 2.71 bits per heavy atom. The van der Waals surface area contributed by atoms with Gasteiger partial charge in [-0.2, -0.15) is 0 Å². The number of aryl methyl sites for hydroxylation is 1. The number of nitrogens with two attached hydrogens (primary N) is 1. The summed E-state index contributed by atoms with van der Waals surface area (Å²) in [5, 5.41) is 8.53. The predicted molar refractivity (Wildman–Crippen MR) is 64.7 cm³/mol. The second-order valence-corrected chi connectivity index (χ2v) is 3.99. The maximum Gasteiger partial charge on any atom is 0.132 e. The molecule has 0 bridgehead atoms. The smallest absolute Gasteiger partial charge is 0.132 e. The van der Waals surface area contributed by atoms with Gasteiger partial charge in [0.1, 0.15) is 23.7 Å². The van der Waals surface area contributed by atoms with E-state index in [2.05, 4.69) is 10.3 Å². The van der Waals surface area contributed by atoms with Crippen LogP contribution in [0.4, 0.5) is 0 Å². The molecule has 0 saturated carbocycles. The second kappa shape index (κ2) is 5.16. The van der Waals surface area contributed by atoms with Crippen molar-refractivity contribution in [2.24, 2.45) is 12.8 Å². The first-order valence-electron chi connectivity index (χ1n) is 5.16. The van der Waals surface area contributed by atoms with Gasteiger partial charge in [-0.15, -0.1) is 5.10 Å². The van der Waals surface area contributed by atoms with Gasteiger partial charge in [0.15, 0.2) is 0 Å². The van der Waals surface area contributed by atoms with E-state index >= 15 is 0 Å². The van der Waals surface area contributed by atoms with E-state index in [9.17, 15) is 0 Å². The zero-order chi connectivity index (χ0) is 12.3. The summed E-state index contributed by atoms with van der Waals surface area (Å²) in [6.07, 6.45) is 0. The predicted octanol–water partition coefficient (Wildman–Crippen LogP) is 1.51. The summed E-state index contributed by atoms with van der Waals surface area (Å²) in [7, 11) is 1.81. The zero-order valence-corrected chi connectivity index (χ0v) is 10.2. The average molecular weight is 253 g/mol. The lowest BCUT2D eigenvalue weighted by Gasteiger charge is -2.07. The van der Waals surface area contributed by atoms with Crippen LogP contribution in [0, 0.1) is 0 Å². The molecule has 1 aromatic heterocycles. The monoisotopic (exact) mass is 252 g/mol.